The molecular formula is C22H22Cl2N2O5S. The van der Waals surface area contributed by atoms with E-state index in [1.165, 1.54) is 0 Å². The van der Waals surface area contributed by atoms with Gasteiger partial charge in [0.15, 0.2) is 6.61 Å². The number of Topliss-reactive ketones (excluding diaryl/α,β-unsaturated/α-hetero) is 1. The average molecular weight is 497 g/mol. The normalized spacial score (nSPS) is 11.8. The molecule has 3 aromatic rings. The fourth-order valence-corrected chi connectivity index (χ4v) is 5.22. The summed E-state index contributed by atoms with van der Waals surface area (Å²) in [7, 11) is -3.97. The predicted octanol–water partition coefficient (Wildman–Crippen LogP) is 4.76. The van der Waals surface area contributed by atoms with E-state index < -0.39 is 28.4 Å². The van der Waals surface area contributed by atoms with Gasteiger partial charge in [0.2, 0.25) is 15.8 Å². The first-order valence-corrected chi connectivity index (χ1v) is 12.0. The molecule has 0 bridgehead atoms. The summed E-state index contributed by atoms with van der Waals surface area (Å²) in [5, 5.41) is 0.506. The Balaban J connectivity index is 1.82. The van der Waals surface area contributed by atoms with Gasteiger partial charge in [-0.05, 0) is 31.0 Å². The molecule has 0 fully saturated rings. The number of carbonyl (C=O) groups excluding carboxylic acids is 2. The average Bonchev–Trinajstić information content (AvgIpc) is 3.06. The summed E-state index contributed by atoms with van der Waals surface area (Å²) in [4.78, 5) is 28.2. The summed E-state index contributed by atoms with van der Waals surface area (Å²) in [6, 6.07) is 9.50. The number of halogens is 2. The molecule has 1 heterocycles. The number of rotatable bonds is 8. The number of ether oxygens (including phenoxy) is 1. The summed E-state index contributed by atoms with van der Waals surface area (Å²) in [5.41, 5.74) is 1.67. The minimum atomic E-state index is -3.97. The van der Waals surface area contributed by atoms with Crippen LogP contribution in [0.1, 0.15) is 40.3 Å². The SMILES string of the molecule is Cc1[nH]c2ccccc2c1C(=O)COC(=O)c1cc(S(=O)(=O)NCC(C)C)c(Cl)cc1Cl. The van der Waals surface area contributed by atoms with Crippen molar-refractivity contribution in [1.82, 2.24) is 9.71 Å². The Labute approximate surface area is 196 Å². The van der Waals surface area contributed by atoms with Crippen LogP contribution < -0.4 is 4.72 Å². The lowest BCUT2D eigenvalue weighted by molar-refractivity contribution is 0.0475. The lowest BCUT2D eigenvalue weighted by atomic mass is 10.1. The van der Waals surface area contributed by atoms with E-state index in [9.17, 15) is 18.0 Å². The van der Waals surface area contributed by atoms with Crippen molar-refractivity contribution in [2.45, 2.75) is 25.7 Å². The summed E-state index contributed by atoms with van der Waals surface area (Å²) in [6.07, 6.45) is 0. The van der Waals surface area contributed by atoms with E-state index in [1.807, 2.05) is 26.0 Å². The van der Waals surface area contributed by atoms with Crippen LogP contribution in [0.3, 0.4) is 0 Å². The Kier molecular flexibility index (Phi) is 7.29. The van der Waals surface area contributed by atoms with E-state index in [4.69, 9.17) is 27.9 Å². The van der Waals surface area contributed by atoms with Crippen molar-refractivity contribution in [3.63, 3.8) is 0 Å². The summed E-state index contributed by atoms with van der Waals surface area (Å²) in [6.45, 7) is 5.11. The maximum atomic E-state index is 12.7. The molecule has 0 radical (unpaired) electrons. The first-order valence-electron chi connectivity index (χ1n) is 9.77. The minimum Gasteiger partial charge on any atom is -0.454 e. The van der Waals surface area contributed by atoms with Crippen molar-refractivity contribution in [3.05, 3.63) is 63.3 Å². The molecule has 0 spiro atoms. The molecule has 0 saturated carbocycles. The van der Waals surface area contributed by atoms with Gasteiger partial charge in [0.25, 0.3) is 0 Å². The van der Waals surface area contributed by atoms with Gasteiger partial charge in [-0.3, -0.25) is 4.79 Å². The van der Waals surface area contributed by atoms with E-state index in [-0.39, 0.29) is 33.0 Å². The third-order valence-corrected chi connectivity index (χ3v) is 6.92. The fraction of sp³-hybridized carbons (Fsp3) is 0.273. The van der Waals surface area contributed by atoms with Crippen LogP contribution in [0.4, 0.5) is 0 Å². The highest BCUT2D eigenvalue weighted by molar-refractivity contribution is 7.89. The van der Waals surface area contributed by atoms with Crippen LogP contribution in [0.5, 0.6) is 0 Å². The Hall–Kier alpha value is -2.39. The van der Waals surface area contributed by atoms with E-state index in [0.717, 1.165) is 23.0 Å². The highest BCUT2D eigenvalue weighted by Gasteiger charge is 2.24. The van der Waals surface area contributed by atoms with Crippen molar-refractivity contribution >= 4 is 55.9 Å². The Bertz CT molecular complexity index is 1300. The molecule has 7 nitrogen and oxygen atoms in total. The standard InChI is InChI=1S/C22H22Cl2N2O5S/c1-12(2)10-25-32(29,30)20-8-15(16(23)9-17(20)24)22(28)31-11-19(27)21-13(3)26-18-7-5-4-6-14(18)21/h4-9,12,25-26H,10-11H2,1-3H3. The second kappa shape index (κ2) is 9.62. The number of hydrogen-bond acceptors (Lipinski definition) is 5. The number of para-hydroxylation sites is 1. The molecule has 0 unspecified atom stereocenters. The first-order chi connectivity index (χ1) is 15.0. The van der Waals surface area contributed by atoms with Crippen molar-refractivity contribution < 1.29 is 22.7 Å². The number of esters is 1. The van der Waals surface area contributed by atoms with Crippen molar-refractivity contribution in [3.8, 4) is 0 Å². The van der Waals surface area contributed by atoms with Gasteiger partial charge in [-0.25, -0.2) is 17.9 Å². The number of benzene rings is 2. The maximum absolute atomic E-state index is 12.7. The number of hydrogen-bond donors (Lipinski definition) is 2. The first kappa shape index (κ1) is 24.3. The van der Waals surface area contributed by atoms with Gasteiger partial charge < -0.3 is 9.72 Å². The molecule has 0 aliphatic heterocycles. The molecule has 0 amide bonds. The van der Waals surface area contributed by atoms with Crippen LogP contribution in [0.25, 0.3) is 10.9 Å². The number of H-pyrrole nitrogens is 1. The Morgan fingerprint density at radius 2 is 1.81 bits per heavy atom. The number of aromatic nitrogens is 1. The third kappa shape index (κ3) is 5.15. The van der Waals surface area contributed by atoms with Gasteiger partial charge in [-0.2, -0.15) is 0 Å². The summed E-state index contributed by atoms with van der Waals surface area (Å²) >= 11 is 12.2. The van der Waals surface area contributed by atoms with Gasteiger partial charge in [0.1, 0.15) is 4.90 Å². The number of aromatic amines is 1. The molecule has 0 aliphatic rings. The molecule has 0 atom stereocenters. The zero-order valence-corrected chi connectivity index (χ0v) is 20.0. The lowest BCUT2D eigenvalue weighted by Gasteiger charge is -2.12. The Morgan fingerprint density at radius 3 is 2.50 bits per heavy atom. The predicted molar refractivity (Wildman–Crippen MR) is 124 cm³/mol. The molecule has 170 valence electrons. The molecule has 10 heteroatoms. The van der Waals surface area contributed by atoms with Gasteiger partial charge in [0.05, 0.1) is 15.6 Å². The van der Waals surface area contributed by atoms with Gasteiger partial charge in [-0.15, -0.1) is 0 Å². The van der Waals surface area contributed by atoms with Crippen LogP contribution in [0.2, 0.25) is 10.0 Å². The Morgan fingerprint density at radius 1 is 1.12 bits per heavy atom. The number of aryl methyl sites for hydroxylation is 1. The van der Waals surface area contributed by atoms with Crippen molar-refractivity contribution in [2.24, 2.45) is 5.92 Å². The largest absolute Gasteiger partial charge is 0.454 e. The topological polar surface area (TPSA) is 105 Å². The molecule has 0 aliphatic carbocycles. The molecule has 0 saturated heterocycles. The van der Waals surface area contributed by atoms with Crippen LogP contribution in [0, 0.1) is 12.8 Å². The van der Waals surface area contributed by atoms with Crippen LogP contribution in [-0.4, -0.2) is 38.3 Å². The van der Waals surface area contributed by atoms with Crippen LogP contribution in [-0.2, 0) is 14.8 Å². The smallest absolute Gasteiger partial charge is 0.340 e. The number of fused-ring (bicyclic) bond motifs is 1. The number of sulfonamides is 1. The summed E-state index contributed by atoms with van der Waals surface area (Å²) in [5.74, 6) is -1.26. The number of nitrogens with one attached hydrogen (secondary N) is 2. The van der Waals surface area contributed by atoms with Crippen LogP contribution >= 0.6 is 23.2 Å². The fourth-order valence-electron chi connectivity index (χ4n) is 3.16. The highest BCUT2D eigenvalue weighted by Crippen LogP contribution is 2.29. The van der Waals surface area contributed by atoms with E-state index in [1.54, 1.807) is 19.1 Å². The molecule has 2 N–H and O–H groups in total. The number of carbonyl (C=O) groups is 2. The van der Waals surface area contributed by atoms with E-state index >= 15 is 0 Å². The second-order valence-corrected chi connectivity index (χ2v) is 10.2. The van der Waals surface area contributed by atoms with Gasteiger partial charge in [0, 0.05) is 28.7 Å². The maximum Gasteiger partial charge on any atom is 0.340 e. The zero-order chi connectivity index (χ0) is 23.6. The van der Waals surface area contributed by atoms with Crippen molar-refractivity contribution in [2.75, 3.05) is 13.2 Å². The molecule has 2 aromatic carbocycles. The zero-order valence-electron chi connectivity index (χ0n) is 17.7. The lowest BCUT2D eigenvalue weighted by Crippen LogP contribution is -2.28. The third-order valence-electron chi connectivity index (χ3n) is 4.72. The quantitative estimate of drug-likeness (QED) is 0.345. The van der Waals surface area contributed by atoms with Gasteiger partial charge >= 0.3 is 5.97 Å². The monoisotopic (exact) mass is 496 g/mol. The van der Waals surface area contributed by atoms with E-state index in [2.05, 4.69) is 9.71 Å². The molecule has 32 heavy (non-hydrogen) atoms. The van der Waals surface area contributed by atoms with Gasteiger partial charge in [-0.1, -0.05) is 55.2 Å². The molecule has 3 rings (SSSR count). The highest BCUT2D eigenvalue weighted by atomic mass is 35.5. The number of ketones is 1. The summed E-state index contributed by atoms with van der Waals surface area (Å²) < 4.78 is 32.7. The van der Waals surface area contributed by atoms with Crippen LogP contribution in [0.15, 0.2) is 41.3 Å². The van der Waals surface area contributed by atoms with Crippen molar-refractivity contribution in [1.29, 1.82) is 0 Å². The van der Waals surface area contributed by atoms with E-state index in [0.29, 0.717) is 11.3 Å². The second-order valence-electron chi connectivity index (χ2n) is 7.68. The molecule has 1 aromatic heterocycles. The minimum absolute atomic E-state index is 0.0688. The molecular weight excluding hydrogens is 475 g/mol.